The summed E-state index contributed by atoms with van der Waals surface area (Å²) in [5.74, 6) is 2.21. The maximum atomic E-state index is 13.3. The Morgan fingerprint density at radius 1 is 1.00 bits per heavy atom. The Morgan fingerprint density at radius 3 is 2.56 bits per heavy atom. The minimum atomic E-state index is -0.646. The van der Waals surface area contributed by atoms with E-state index >= 15 is 0 Å². The van der Waals surface area contributed by atoms with Crippen molar-refractivity contribution in [1.29, 1.82) is 0 Å². The Kier molecular flexibility index (Phi) is 6.75. The minimum Gasteiger partial charge on any atom is -0.493 e. The van der Waals surface area contributed by atoms with E-state index < -0.39 is 5.63 Å². The number of piperidine rings is 1. The Balaban J connectivity index is 1.16. The number of amides is 1. The molecular weight excluding hydrogens is 494 g/mol. The zero-order valence-corrected chi connectivity index (χ0v) is 21.7. The molecule has 0 spiro atoms. The highest BCUT2D eigenvalue weighted by Gasteiger charge is 2.27. The van der Waals surface area contributed by atoms with Crippen molar-refractivity contribution in [2.75, 3.05) is 20.2 Å². The standard InChI is InChI=1S/C31H29N3O5/c1-37-27-13-7-8-22-18-24(31(36)39-29(22)27)30(35)33-16-14-21(15-17-33)19-34-26-12-6-5-11-25(26)32-28(34)20-38-23-9-3-2-4-10-23/h2-13,18,21H,14-17,19-20H2,1H3. The molecule has 0 unspecified atom stereocenters. The Bertz CT molecular complexity index is 1680. The van der Waals surface area contributed by atoms with E-state index in [-0.39, 0.29) is 11.5 Å². The highest BCUT2D eigenvalue weighted by Crippen LogP contribution is 2.27. The Hall–Kier alpha value is -4.59. The normalized spacial score (nSPS) is 14.1. The number of carbonyl (C=O) groups is 1. The maximum Gasteiger partial charge on any atom is 0.349 e. The molecule has 0 N–H and O–H groups in total. The third-order valence-corrected chi connectivity index (χ3v) is 7.36. The van der Waals surface area contributed by atoms with Gasteiger partial charge in [-0.25, -0.2) is 9.78 Å². The van der Waals surface area contributed by atoms with E-state index in [9.17, 15) is 9.59 Å². The van der Waals surface area contributed by atoms with Gasteiger partial charge in [-0.1, -0.05) is 42.5 Å². The summed E-state index contributed by atoms with van der Waals surface area (Å²) in [6.07, 6.45) is 1.65. The minimum absolute atomic E-state index is 0.0511. The fraction of sp³-hybridized carbons (Fsp3) is 0.258. The number of likely N-dealkylation sites (tertiary alicyclic amines) is 1. The number of rotatable bonds is 7. The molecule has 6 rings (SSSR count). The first-order chi connectivity index (χ1) is 19.1. The summed E-state index contributed by atoms with van der Waals surface area (Å²) in [6, 6.07) is 24.8. The van der Waals surface area contributed by atoms with Gasteiger partial charge in [0, 0.05) is 25.0 Å². The van der Waals surface area contributed by atoms with E-state index in [1.807, 2.05) is 48.5 Å². The number of fused-ring (bicyclic) bond motifs is 2. The summed E-state index contributed by atoms with van der Waals surface area (Å²) >= 11 is 0. The van der Waals surface area contributed by atoms with E-state index in [1.54, 1.807) is 29.2 Å². The van der Waals surface area contributed by atoms with E-state index in [2.05, 4.69) is 10.6 Å². The van der Waals surface area contributed by atoms with Crippen LogP contribution in [-0.2, 0) is 13.2 Å². The summed E-state index contributed by atoms with van der Waals surface area (Å²) in [5.41, 5.74) is 1.77. The second-order valence-electron chi connectivity index (χ2n) is 9.79. The Morgan fingerprint density at radius 2 is 1.77 bits per heavy atom. The summed E-state index contributed by atoms with van der Waals surface area (Å²) in [5, 5.41) is 0.657. The molecule has 0 aliphatic carbocycles. The zero-order valence-electron chi connectivity index (χ0n) is 21.7. The van der Waals surface area contributed by atoms with E-state index in [1.165, 1.54) is 7.11 Å². The molecule has 0 atom stereocenters. The van der Waals surface area contributed by atoms with Crippen LogP contribution in [0.15, 0.2) is 88.1 Å². The van der Waals surface area contributed by atoms with Crippen molar-refractivity contribution in [3.8, 4) is 11.5 Å². The lowest BCUT2D eigenvalue weighted by atomic mass is 9.96. The van der Waals surface area contributed by atoms with Crippen LogP contribution in [0.4, 0.5) is 0 Å². The molecule has 8 nitrogen and oxygen atoms in total. The topological polar surface area (TPSA) is 86.8 Å². The van der Waals surface area contributed by atoms with Crippen LogP contribution >= 0.6 is 0 Å². The van der Waals surface area contributed by atoms with Crippen molar-refractivity contribution in [2.24, 2.45) is 5.92 Å². The number of ether oxygens (including phenoxy) is 2. The number of carbonyl (C=O) groups excluding carboxylic acids is 1. The number of para-hydroxylation sites is 4. The van der Waals surface area contributed by atoms with Gasteiger partial charge in [-0.2, -0.15) is 0 Å². The predicted octanol–water partition coefficient (Wildman–Crippen LogP) is 5.28. The van der Waals surface area contributed by atoms with Crippen LogP contribution < -0.4 is 15.1 Å². The number of benzene rings is 3. The van der Waals surface area contributed by atoms with Crippen LogP contribution in [0, 0.1) is 5.92 Å². The van der Waals surface area contributed by atoms with E-state index in [0.717, 1.165) is 42.0 Å². The fourth-order valence-corrected chi connectivity index (χ4v) is 5.28. The van der Waals surface area contributed by atoms with E-state index in [4.69, 9.17) is 18.9 Å². The van der Waals surface area contributed by atoms with Gasteiger partial charge in [0.2, 0.25) is 0 Å². The van der Waals surface area contributed by atoms with Crippen LogP contribution in [0.5, 0.6) is 11.5 Å². The van der Waals surface area contributed by atoms with Gasteiger partial charge in [0.05, 0.1) is 18.1 Å². The molecule has 39 heavy (non-hydrogen) atoms. The molecule has 1 aliphatic heterocycles. The zero-order chi connectivity index (χ0) is 26.8. The number of methoxy groups -OCH3 is 1. The molecular formula is C31H29N3O5. The first-order valence-electron chi connectivity index (χ1n) is 13.1. The monoisotopic (exact) mass is 523 g/mol. The summed E-state index contributed by atoms with van der Waals surface area (Å²) in [4.78, 5) is 32.6. The first kappa shape index (κ1) is 24.7. The fourth-order valence-electron chi connectivity index (χ4n) is 5.28. The second-order valence-corrected chi connectivity index (χ2v) is 9.79. The third-order valence-electron chi connectivity index (χ3n) is 7.36. The number of aromatic nitrogens is 2. The van der Waals surface area contributed by atoms with Crippen molar-refractivity contribution < 1.29 is 18.7 Å². The molecule has 1 saturated heterocycles. The SMILES string of the molecule is COc1cccc2cc(C(=O)N3CCC(Cn4c(COc5ccccc5)nc5ccccc54)CC3)c(=O)oc12. The molecule has 0 radical (unpaired) electrons. The van der Waals surface area contributed by atoms with Crippen molar-refractivity contribution in [1.82, 2.24) is 14.5 Å². The van der Waals surface area contributed by atoms with Crippen LogP contribution in [-0.4, -0.2) is 40.6 Å². The molecule has 8 heteroatoms. The largest absolute Gasteiger partial charge is 0.493 e. The van der Waals surface area contributed by atoms with Gasteiger partial charge in [-0.3, -0.25) is 4.79 Å². The van der Waals surface area contributed by atoms with Crippen molar-refractivity contribution in [2.45, 2.75) is 26.0 Å². The molecule has 1 fully saturated rings. The quantitative estimate of drug-likeness (QED) is 0.270. The van der Waals surface area contributed by atoms with Gasteiger partial charge >= 0.3 is 5.63 Å². The lowest BCUT2D eigenvalue weighted by Gasteiger charge is -2.32. The Labute approximate surface area is 225 Å². The number of nitrogens with zero attached hydrogens (tertiary/aromatic N) is 3. The average molecular weight is 524 g/mol. The highest BCUT2D eigenvalue weighted by molar-refractivity contribution is 5.97. The maximum absolute atomic E-state index is 13.3. The van der Waals surface area contributed by atoms with Crippen molar-refractivity contribution in [3.05, 3.63) is 101 Å². The van der Waals surface area contributed by atoms with Crippen LogP contribution in [0.2, 0.25) is 0 Å². The first-order valence-corrected chi connectivity index (χ1v) is 13.1. The molecule has 5 aromatic rings. The summed E-state index contributed by atoms with van der Waals surface area (Å²) in [6.45, 7) is 2.30. The number of hydrogen-bond acceptors (Lipinski definition) is 6. The van der Waals surface area contributed by atoms with Crippen molar-refractivity contribution in [3.63, 3.8) is 0 Å². The summed E-state index contributed by atoms with van der Waals surface area (Å²) < 4.78 is 19.0. The average Bonchev–Trinajstić information content (AvgIpc) is 3.33. The third kappa shape index (κ3) is 4.97. The molecule has 2 aromatic heterocycles. The molecule has 0 saturated carbocycles. The highest BCUT2D eigenvalue weighted by atomic mass is 16.5. The molecule has 3 heterocycles. The van der Waals surface area contributed by atoms with E-state index in [0.29, 0.717) is 42.3 Å². The number of hydrogen-bond donors (Lipinski definition) is 0. The second kappa shape index (κ2) is 10.6. The predicted molar refractivity (Wildman–Crippen MR) is 148 cm³/mol. The van der Waals surface area contributed by atoms with Gasteiger partial charge < -0.3 is 23.4 Å². The smallest absolute Gasteiger partial charge is 0.349 e. The molecule has 1 aliphatic rings. The molecule has 198 valence electrons. The summed E-state index contributed by atoms with van der Waals surface area (Å²) in [7, 11) is 1.52. The van der Waals surface area contributed by atoms with Crippen LogP contribution in [0.3, 0.4) is 0 Å². The van der Waals surface area contributed by atoms with Crippen LogP contribution in [0.1, 0.15) is 29.0 Å². The van der Waals surface area contributed by atoms with Gasteiger partial charge in [0.15, 0.2) is 11.3 Å². The number of imidazole rings is 1. The van der Waals surface area contributed by atoms with Gasteiger partial charge in [0.25, 0.3) is 5.91 Å². The van der Waals surface area contributed by atoms with Gasteiger partial charge in [-0.05, 0) is 55.2 Å². The van der Waals surface area contributed by atoms with Gasteiger partial charge in [-0.15, -0.1) is 0 Å². The lowest BCUT2D eigenvalue weighted by Crippen LogP contribution is -2.41. The lowest BCUT2D eigenvalue weighted by molar-refractivity contribution is 0.0678. The molecule has 0 bridgehead atoms. The molecule has 1 amide bonds. The van der Waals surface area contributed by atoms with Gasteiger partial charge in [0.1, 0.15) is 23.7 Å². The van der Waals surface area contributed by atoms with Crippen molar-refractivity contribution >= 4 is 27.9 Å². The molecule has 3 aromatic carbocycles. The van der Waals surface area contributed by atoms with Crippen LogP contribution in [0.25, 0.3) is 22.0 Å².